The predicted octanol–water partition coefficient (Wildman–Crippen LogP) is 2.47. The number of urea groups is 1. The number of aliphatic hydroxyl groups is 1. The number of hydrogen-bond donors (Lipinski definition) is 3. The van der Waals surface area contributed by atoms with Gasteiger partial charge < -0.3 is 15.7 Å². The summed E-state index contributed by atoms with van der Waals surface area (Å²) in [5.74, 6) is 0. The molecule has 0 atom stereocenters. The van der Waals surface area contributed by atoms with E-state index in [0.717, 1.165) is 17.7 Å². The molecule has 2 amide bonds. The van der Waals surface area contributed by atoms with E-state index in [0.29, 0.717) is 13.1 Å². The van der Waals surface area contributed by atoms with Crippen LogP contribution in [0.3, 0.4) is 0 Å². The third kappa shape index (κ3) is 2.94. The van der Waals surface area contributed by atoms with E-state index < -0.39 is 0 Å². The zero-order chi connectivity index (χ0) is 14.0. The van der Waals surface area contributed by atoms with Gasteiger partial charge in [0.05, 0.1) is 13.2 Å². The average Bonchev–Trinajstić information content (AvgIpc) is 3.14. The molecular formula is C15H18N2O2S. The maximum absolute atomic E-state index is 11.7. The summed E-state index contributed by atoms with van der Waals surface area (Å²) in [5.41, 5.74) is -0.0467. The molecule has 0 saturated heterocycles. The first-order valence-electron chi connectivity index (χ1n) is 6.81. The highest BCUT2D eigenvalue weighted by Crippen LogP contribution is 2.44. The van der Waals surface area contributed by atoms with Gasteiger partial charge in [-0.15, -0.1) is 11.3 Å². The van der Waals surface area contributed by atoms with Gasteiger partial charge in [0, 0.05) is 21.5 Å². The minimum atomic E-state index is -0.165. The summed E-state index contributed by atoms with van der Waals surface area (Å²) in [6.07, 6.45) is 2.00. The third-order valence-corrected chi connectivity index (χ3v) is 4.93. The number of benzene rings is 1. The van der Waals surface area contributed by atoms with E-state index in [-0.39, 0.29) is 18.1 Å². The molecule has 0 unspecified atom stereocenters. The lowest BCUT2D eigenvalue weighted by molar-refractivity contribution is 0.203. The number of carbonyl (C=O) groups excluding carboxylic acids is 1. The average molecular weight is 290 g/mol. The molecule has 1 aliphatic rings. The first-order valence-corrected chi connectivity index (χ1v) is 7.62. The molecule has 106 valence electrons. The van der Waals surface area contributed by atoms with Crippen molar-refractivity contribution in [2.24, 2.45) is 5.41 Å². The number of nitrogens with one attached hydrogen (secondary N) is 2. The molecule has 3 rings (SSSR count). The largest absolute Gasteiger partial charge is 0.396 e. The summed E-state index contributed by atoms with van der Waals surface area (Å²) in [7, 11) is 0. The summed E-state index contributed by atoms with van der Waals surface area (Å²) in [6, 6.07) is 10.1. The van der Waals surface area contributed by atoms with Crippen molar-refractivity contribution in [1.82, 2.24) is 10.6 Å². The smallest absolute Gasteiger partial charge is 0.315 e. The van der Waals surface area contributed by atoms with E-state index in [2.05, 4.69) is 28.8 Å². The van der Waals surface area contributed by atoms with E-state index in [4.69, 9.17) is 0 Å². The maximum atomic E-state index is 11.7. The molecule has 1 aromatic heterocycles. The zero-order valence-electron chi connectivity index (χ0n) is 11.2. The van der Waals surface area contributed by atoms with Gasteiger partial charge in [-0.25, -0.2) is 4.79 Å². The molecule has 1 fully saturated rings. The highest BCUT2D eigenvalue weighted by molar-refractivity contribution is 7.19. The second-order valence-corrected chi connectivity index (χ2v) is 6.61. The number of fused-ring (bicyclic) bond motifs is 1. The fourth-order valence-electron chi connectivity index (χ4n) is 2.19. The van der Waals surface area contributed by atoms with Gasteiger partial charge in [-0.3, -0.25) is 0 Å². The normalized spacial score (nSPS) is 16.1. The second-order valence-electron chi connectivity index (χ2n) is 5.44. The van der Waals surface area contributed by atoms with Gasteiger partial charge in [0.15, 0.2) is 0 Å². The van der Waals surface area contributed by atoms with Crippen LogP contribution < -0.4 is 10.6 Å². The summed E-state index contributed by atoms with van der Waals surface area (Å²) in [6.45, 7) is 1.25. The van der Waals surface area contributed by atoms with Crippen LogP contribution in [-0.4, -0.2) is 24.3 Å². The van der Waals surface area contributed by atoms with Gasteiger partial charge in [-0.1, -0.05) is 18.2 Å². The Morgan fingerprint density at radius 3 is 2.80 bits per heavy atom. The fourth-order valence-corrected chi connectivity index (χ4v) is 3.19. The Balaban J connectivity index is 1.50. The van der Waals surface area contributed by atoms with Crippen LogP contribution >= 0.6 is 11.3 Å². The van der Waals surface area contributed by atoms with Crippen LogP contribution in [0, 0.1) is 5.41 Å². The lowest BCUT2D eigenvalue weighted by Crippen LogP contribution is -2.39. The van der Waals surface area contributed by atoms with Crippen molar-refractivity contribution in [1.29, 1.82) is 0 Å². The van der Waals surface area contributed by atoms with E-state index in [1.165, 1.54) is 10.1 Å². The maximum Gasteiger partial charge on any atom is 0.315 e. The molecule has 3 N–H and O–H groups in total. The fraction of sp³-hybridized carbons (Fsp3) is 0.400. The van der Waals surface area contributed by atoms with Gasteiger partial charge in [0.25, 0.3) is 0 Å². The monoisotopic (exact) mass is 290 g/mol. The van der Waals surface area contributed by atoms with Crippen LogP contribution in [0.15, 0.2) is 30.3 Å². The van der Waals surface area contributed by atoms with Crippen LogP contribution in [0.5, 0.6) is 0 Å². The van der Waals surface area contributed by atoms with Gasteiger partial charge in [0.2, 0.25) is 0 Å². The molecule has 0 radical (unpaired) electrons. The standard InChI is InChI=1S/C15H18N2O2S/c18-10-15(5-6-15)9-17-14(19)16-8-12-7-11-3-1-2-4-13(11)20-12/h1-4,7,18H,5-6,8-10H2,(H2,16,17,19). The summed E-state index contributed by atoms with van der Waals surface area (Å²) >= 11 is 1.70. The Hall–Kier alpha value is -1.59. The number of amides is 2. The number of thiophene rings is 1. The molecule has 0 spiro atoms. The van der Waals surface area contributed by atoms with E-state index in [1.54, 1.807) is 11.3 Å². The van der Waals surface area contributed by atoms with E-state index in [9.17, 15) is 9.90 Å². The molecule has 1 saturated carbocycles. The molecule has 1 aliphatic carbocycles. The van der Waals surface area contributed by atoms with Crippen molar-refractivity contribution in [2.45, 2.75) is 19.4 Å². The Labute approximate surface area is 121 Å². The van der Waals surface area contributed by atoms with Crippen molar-refractivity contribution < 1.29 is 9.90 Å². The summed E-state index contributed by atoms with van der Waals surface area (Å²) in [4.78, 5) is 12.9. The molecule has 0 bridgehead atoms. The second kappa shape index (κ2) is 5.42. The Morgan fingerprint density at radius 1 is 1.30 bits per heavy atom. The van der Waals surface area contributed by atoms with Crippen LogP contribution in [0.25, 0.3) is 10.1 Å². The first kappa shape index (κ1) is 13.4. The number of carbonyl (C=O) groups is 1. The Morgan fingerprint density at radius 2 is 2.10 bits per heavy atom. The number of hydrogen-bond acceptors (Lipinski definition) is 3. The molecule has 0 aliphatic heterocycles. The highest BCUT2D eigenvalue weighted by Gasteiger charge is 2.42. The molecule has 4 nitrogen and oxygen atoms in total. The molecular weight excluding hydrogens is 272 g/mol. The van der Waals surface area contributed by atoms with E-state index >= 15 is 0 Å². The van der Waals surface area contributed by atoms with Gasteiger partial charge in [-0.05, 0) is 30.4 Å². The van der Waals surface area contributed by atoms with Crippen LogP contribution in [0.2, 0.25) is 0 Å². The lowest BCUT2D eigenvalue weighted by Gasteiger charge is -2.13. The summed E-state index contributed by atoms with van der Waals surface area (Å²) < 4.78 is 1.24. The Kier molecular flexibility index (Phi) is 3.63. The topological polar surface area (TPSA) is 61.4 Å². The van der Waals surface area contributed by atoms with Crippen molar-refractivity contribution in [3.05, 3.63) is 35.2 Å². The number of aliphatic hydroxyl groups excluding tert-OH is 1. The van der Waals surface area contributed by atoms with Gasteiger partial charge >= 0.3 is 6.03 Å². The minimum absolute atomic E-state index is 0.0467. The molecule has 1 aromatic carbocycles. The van der Waals surface area contributed by atoms with Crippen LogP contribution in [0.4, 0.5) is 4.79 Å². The van der Waals surface area contributed by atoms with Gasteiger partial charge in [0.1, 0.15) is 0 Å². The predicted molar refractivity (Wildman–Crippen MR) is 80.8 cm³/mol. The van der Waals surface area contributed by atoms with Crippen molar-refractivity contribution in [3.8, 4) is 0 Å². The SMILES string of the molecule is O=C(NCc1cc2ccccc2s1)NCC1(CO)CC1. The van der Waals surface area contributed by atoms with Gasteiger partial charge in [-0.2, -0.15) is 0 Å². The quantitative estimate of drug-likeness (QED) is 0.792. The molecule has 5 heteroatoms. The third-order valence-electron chi connectivity index (χ3n) is 3.82. The molecule has 1 heterocycles. The zero-order valence-corrected chi connectivity index (χ0v) is 12.0. The molecule has 20 heavy (non-hydrogen) atoms. The van der Waals surface area contributed by atoms with Crippen molar-refractivity contribution >= 4 is 27.5 Å². The highest BCUT2D eigenvalue weighted by atomic mass is 32.1. The number of rotatable bonds is 5. The lowest BCUT2D eigenvalue weighted by atomic mass is 10.1. The molecule has 2 aromatic rings. The van der Waals surface area contributed by atoms with E-state index in [1.807, 2.05) is 12.1 Å². The van der Waals surface area contributed by atoms with Crippen LogP contribution in [0.1, 0.15) is 17.7 Å². The minimum Gasteiger partial charge on any atom is -0.396 e. The van der Waals surface area contributed by atoms with Crippen molar-refractivity contribution in [3.63, 3.8) is 0 Å². The Bertz CT molecular complexity index is 586. The first-order chi connectivity index (χ1) is 9.71. The van der Waals surface area contributed by atoms with Crippen LogP contribution in [-0.2, 0) is 6.54 Å². The van der Waals surface area contributed by atoms with Crippen molar-refractivity contribution in [2.75, 3.05) is 13.2 Å². The summed E-state index contributed by atoms with van der Waals surface area (Å²) in [5, 5.41) is 16.1.